The Kier molecular flexibility index (Phi) is 3.46. The van der Waals surface area contributed by atoms with Crippen molar-refractivity contribution >= 4 is 33.4 Å². The monoisotopic (exact) mass is 298 g/mol. The van der Waals surface area contributed by atoms with Crippen LogP contribution in [0.15, 0.2) is 50.9 Å². The lowest BCUT2D eigenvalue weighted by molar-refractivity contribution is 0.627. The van der Waals surface area contributed by atoms with Gasteiger partial charge in [-0.15, -0.1) is 0 Å². The molecule has 0 bridgehead atoms. The van der Waals surface area contributed by atoms with E-state index < -0.39 is 0 Å². The topological polar surface area (TPSA) is 38.9 Å². The second kappa shape index (κ2) is 4.84. The first-order valence-electron chi connectivity index (χ1n) is 4.50. The molecule has 0 saturated carbocycles. The fraction of sp³-hybridized carbons (Fsp3) is 0. The first kappa shape index (κ1) is 11.4. The molecule has 0 amide bonds. The zero-order valence-electron chi connectivity index (χ0n) is 8.15. The smallest absolute Gasteiger partial charge is 0.125 e. The van der Waals surface area contributed by atoms with Gasteiger partial charge in [0.05, 0.1) is 4.47 Å². The number of benzene rings is 1. The van der Waals surface area contributed by atoms with Crippen molar-refractivity contribution in [2.75, 3.05) is 5.73 Å². The normalized spacial score (nSPS) is 10.4. The van der Waals surface area contributed by atoms with Crippen molar-refractivity contribution in [1.29, 1.82) is 0 Å². The van der Waals surface area contributed by atoms with Crippen molar-refractivity contribution in [3.05, 3.63) is 46.8 Å². The van der Waals surface area contributed by atoms with Gasteiger partial charge in [0.1, 0.15) is 10.8 Å². The summed E-state index contributed by atoms with van der Waals surface area (Å²) in [6.07, 6.45) is 1.70. The quantitative estimate of drug-likeness (QED) is 0.859. The van der Waals surface area contributed by atoms with E-state index in [1.165, 1.54) is 23.9 Å². The maximum absolute atomic E-state index is 12.9. The summed E-state index contributed by atoms with van der Waals surface area (Å²) in [6.45, 7) is 0. The Balaban J connectivity index is 2.31. The average molecular weight is 299 g/mol. The van der Waals surface area contributed by atoms with E-state index in [0.29, 0.717) is 5.69 Å². The Morgan fingerprint density at radius 3 is 2.81 bits per heavy atom. The minimum Gasteiger partial charge on any atom is -0.398 e. The molecule has 2 nitrogen and oxygen atoms in total. The van der Waals surface area contributed by atoms with E-state index in [4.69, 9.17) is 5.73 Å². The van der Waals surface area contributed by atoms with Crippen molar-refractivity contribution in [3.63, 3.8) is 0 Å². The Morgan fingerprint density at radius 1 is 1.31 bits per heavy atom. The second-order valence-corrected chi connectivity index (χ2v) is 4.96. The Hall–Kier alpha value is -1.07. The van der Waals surface area contributed by atoms with Crippen LogP contribution in [0, 0.1) is 5.82 Å². The van der Waals surface area contributed by atoms with Crippen molar-refractivity contribution in [2.45, 2.75) is 9.92 Å². The van der Waals surface area contributed by atoms with Gasteiger partial charge in [-0.1, -0.05) is 11.8 Å². The lowest BCUT2D eigenvalue weighted by atomic mass is 10.3. The second-order valence-electron chi connectivity index (χ2n) is 3.07. The highest BCUT2D eigenvalue weighted by molar-refractivity contribution is 9.10. The van der Waals surface area contributed by atoms with Crippen molar-refractivity contribution in [1.82, 2.24) is 4.98 Å². The van der Waals surface area contributed by atoms with Crippen LogP contribution in [-0.4, -0.2) is 4.98 Å². The average Bonchev–Trinajstić information content (AvgIpc) is 2.25. The molecule has 0 aliphatic heterocycles. The minimum absolute atomic E-state index is 0.332. The number of nitrogens with two attached hydrogens (primary N) is 1. The van der Waals surface area contributed by atoms with Crippen LogP contribution in [0.4, 0.5) is 10.1 Å². The first-order valence-corrected chi connectivity index (χ1v) is 6.11. The number of nitrogen functional groups attached to an aromatic ring is 1. The zero-order chi connectivity index (χ0) is 11.5. The molecule has 0 radical (unpaired) electrons. The Morgan fingerprint density at radius 2 is 2.12 bits per heavy atom. The summed E-state index contributed by atoms with van der Waals surface area (Å²) in [5.41, 5.74) is 6.13. The molecule has 1 aromatic heterocycles. The molecule has 0 aliphatic rings. The van der Waals surface area contributed by atoms with Crippen molar-refractivity contribution < 1.29 is 4.39 Å². The molecule has 82 valence electrons. The predicted octanol–water partition coefficient (Wildman–Crippen LogP) is 3.72. The molecule has 5 heteroatoms. The molecule has 2 aromatic rings. The van der Waals surface area contributed by atoms with Crippen molar-refractivity contribution in [2.24, 2.45) is 0 Å². The van der Waals surface area contributed by atoms with E-state index in [1.54, 1.807) is 12.3 Å². The lowest BCUT2D eigenvalue weighted by Crippen LogP contribution is -1.90. The maximum Gasteiger partial charge on any atom is 0.125 e. The van der Waals surface area contributed by atoms with Gasteiger partial charge in [-0.05, 0) is 46.3 Å². The van der Waals surface area contributed by atoms with Gasteiger partial charge in [-0.25, -0.2) is 9.37 Å². The molecule has 1 aromatic carbocycles. The number of hydrogen-bond donors (Lipinski definition) is 1. The van der Waals surface area contributed by atoms with Gasteiger partial charge in [0.2, 0.25) is 0 Å². The van der Waals surface area contributed by atoms with Gasteiger partial charge in [0.25, 0.3) is 0 Å². The van der Waals surface area contributed by atoms with E-state index in [0.717, 1.165) is 14.4 Å². The molecule has 0 atom stereocenters. The van der Waals surface area contributed by atoms with E-state index in [9.17, 15) is 4.39 Å². The summed E-state index contributed by atoms with van der Waals surface area (Å²) in [7, 11) is 0. The Bertz CT molecular complexity index is 519. The number of aromatic nitrogens is 1. The van der Waals surface area contributed by atoms with Crippen LogP contribution in [0.2, 0.25) is 0 Å². The Labute approximate surface area is 105 Å². The molecular weight excluding hydrogens is 291 g/mol. The molecule has 0 saturated heterocycles. The number of halogens is 2. The fourth-order valence-electron chi connectivity index (χ4n) is 1.16. The molecule has 0 unspecified atom stereocenters. The number of pyridine rings is 1. The standard InChI is InChI=1S/C11H8BrFN2S/c12-8-2-1-5-15-11(8)16-10-4-3-7(13)6-9(10)14/h1-6H,14H2. The number of hydrogen-bond acceptors (Lipinski definition) is 3. The molecule has 2 N–H and O–H groups in total. The van der Waals surface area contributed by atoms with Crippen LogP contribution < -0.4 is 5.73 Å². The first-order chi connectivity index (χ1) is 7.66. The fourth-order valence-corrected chi connectivity index (χ4v) is 2.46. The molecule has 0 spiro atoms. The molecule has 2 rings (SSSR count). The van der Waals surface area contributed by atoms with Crippen LogP contribution in [0.25, 0.3) is 0 Å². The highest BCUT2D eigenvalue weighted by atomic mass is 79.9. The maximum atomic E-state index is 12.9. The SMILES string of the molecule is Nc1cc(F)ccc1Sc1ncccc1Br. The van der Waals surface area contributed by atoms with Gasteiger partial charge in [-0.2, -0.15) is 0 Å². The highest BCUT2D eigenvalue weighted by Crippen LogP contribution is 2.34. The van der Waals surface area contributed by atoms with Gasteiger partial charge in [0.15, 0.2) is 0 Å². The summed E-state index contributed by atoms with van der Waals surface area (Å²) in [5, 5.41) is 0.806. The zero-order valence-corrected chi connectivity index (χ0v) is 10.6. The summed E-state index contributed by atoms with van der Waals surface area (Å²) in [5.74, 6) is -0.332. The van der Waals surface area contributed by atoms with E-state index >= 15 is 0 Å². The van der Waals surface area contributed by atoms with Crippen molar-refractivity contribution in [3.8, 4) is 0 Å². The van der Waals surface area contributed by atoms with Gasteiger partial charge >= 0.3 is 0 Å². The van der Waals surface area contributed by atoms with E-state index in [2.05, 4.69) is 20.9 Å². The van der Waals surface area contributed by atoms with Crippen LogP contribution in [0.3, 0.4) is 0 Å². The van der Waals surface area contributed by atoms with Gasteiger partial charge in [0, 0.05) is 16.8 Å². The van der Waals surface area contributed by atoms with E-state index in [1.807, 2.05) is 12.1 Å². The van der Waals surface area contributed by atoms with E-state index in [-0.39, 0.29) is 5.82 Å². The summed E-state index contributed by atoms with van der Waals surface area (Å²) in [4.78, 5) is 5.00. The molecule has 0 fully saturated rings. The predicted molar refractivity (Wildman–Crippen MR) is 66.9 cm³/mol. The largest absolute Gasteiger partial charge is 0.398 e. The van der Waals surface area contributed by atoms with Crippen LogP contribution in [0.1, 0.15) is 0 Å². The summed E-state index contributed by atoms with van der Waals surface area (Å²) >= 11 is 4.79. The van der Waals surface area contributed by atoms with Crippen LogP contribution in [0.5, 0.6) is 0 Å². The van der Waals surface area contributed by atoms with Crippen LogP contribution in [-0.2, 0) is 0 Å². The molecule has 1 heterocycles. The molecule has 0 aliphatic carbocycles. The third kappa shape index (κ3) is 2.54. The number of anilines is 1. The third-order valence-electron chi connectivity index (χ3n) is 1.90. The van der Waals surface area contributed by atoms with Gasteiger partial charge in [-0.3, -0.25) is 0 Å². The third-order valence-corrected chi connectivity index (χ3v) is 3.92. The number of nitrogens with zero attached hydrogens (tertiary/aromatic N) is 1. The highest BCUT2D eigenvalue weighted by Gasteiger charge is 2.06. The number of rotatable bonds is 2. The molecule has 16 heavy (non-hydrogen) atoms. The minimum atomic E-state index is -0.332. The lowest BCUT2D eigenvalue weighted by Gasteiger charge is -2.05. The van der Waals surface area contributed by atoms with Crippen LogP contribution >= 0.6 is 27.7 Å². The molecular formula is C11H8BrFN2S. The summed E-state index contributed by atoms with van der Waals surface area (Å²) in [6, 6.07) is 8.07. The summed E-state index contributed by atoms with van der Waals surface area (Å²) < 4.78 is 13.7. The van der Waals surface area contributed by atoms with Gasteiger partial charge < -0.3 is 5.73 Å².